The molecule has 1 aliphatic rings. The number of morpholine rings is 1. The molecule has 0 radical (unpaired) electrons. The van der Waals surface area contributed by atoms with Crippen LogP contribution in [0.25, 0.3) is 0 Å². The average molecular weight is 393 g/mol. The van der Waals surface area contributed by atoms with Gasteiger partial charge in [0.1, 0.15) is 5.75 Å². The Kier molecular flexibility index (Phi) is 5.47. The highest BCUT2D eigenvalue weighted by molar-refractivity contribution is 7.92. The highest BCUT2D eigenvalue weighted by Crippen LogP contribution is 2.32. The van der Waals surface area contributed by atoms with Crippen molar-refractivity contribution in [2.75, 3.05) is 43.0 Å². The summed E-state index contributed by atoms with van der Waals surface area (Å²) in [6, 6.07) is 10.5. The summed E-state index contributed by atoms with van der Waals surface area (Å²) in [6.07, 6.45) is 0. The summed E-state index contributed by atoms with van der Waals surface area (Å²) in [5.41, 5.74) is 0.496. The van der Waals surface area contributed by atoms with Crippen LogP contribution >= 0.6 is 0 Å². The van der Waals surface area contributed by atoms with E-state index in [1.165, 1.54) is 13.2 Å². The smallest absolute Gasteiger partial charge is 0.293 e. The Labute approximate surface area is 156 Å². The molecule has 1 aliphatic heterocycles. The lowest BCUT2D eigenvalue weighted by Gasteiger charge is -2.30. The lowest BCUT2D eigenvalue weighted by molar-refractivity contribution is -0.387. The quantitative estimate of drug-likeness (QED) is 0.592. The predicted octanol–water partition coefficient (Wildman–Crippen LogP) is 2.24. The number of anilines is 2. The van der Waals surface area contributed by atoms with Crippen LogP contribution in [0, 0.1) is 10.1 Å². The molecular formula is C17H19N3O6S. The number of hydrogen-bond donors (Lipinski definition) is 1. The number of hydrogen-bond acceptors (Lipinski definition) is 7. The van der Waals surface area contributed by atoms with Crippen LogP contribution in [0.2, 0.25) is 0 Å². The molecule has 0 spiro atoms. The summed E-state index contributed by atoms with van der Waals surface area (Å²) < 4.78 is 38.5. The van der Waals surface area contributed by atoms with E-state index in [2.05, 4.69) is 4.72 Å². The highest BCUT2D eigenvalue weighted by atomic mass is 32.2. The summed E-state index contributed by atoms with van der Waals surface area (Å²) in [5.74, 6) is 0.203. The molecule has 0 atom stereocenters. The number of benzene rings is 2. The molecule has 9 nitrogen and oxygen atoms in total. The molecule has 1 heterocycles. The summed E-state index contributed by atoms with van der Waals surface area (Å²) >= 11 is 0. The number of nitrogens with zero attached hydrogens (tertiary/aromatic N) is 2. The minimum absolute atomic E-state index is 0.203. The SMILES string of the molecule is COc1ccc(S(=O)(=O)Nc2ccccc2N2CCOCC2)c([N+](=O)[O-])c1. The first-order valence-corrected chi connectivity index (χ1v) is 9.67. The second kappa shape index (κ2) is 7.80. The molecule has 0 aromatic heterocycles. The summed E-state index contributed by atoms with van der Waals surface area (Å²) in [6.45, 7) is 2.35. The number of methoxy groups -OCH3 is 1. The topological polar surface area (TPSA) is 111 Å². The van der Waals surface area contributed by atoms with Crippen LogP contribution in [-0.4, -0.2) is 46.8 Å². The van der Waals surface area contributed by atoms with Crippen molar-refractivity contribution in [2.24, 2.45) is 0 Å². The van der Waals surface area contributed by atoms with Gasteiger partial charge in [-0.25, -0.2) is 8.42 Å². The maximum Gasteiger partial charge on any atom is 0.293 e. The van der Waals surface area contributed by atoms with Gasteiger partial charge >= 0.3 is 0 Å². The number of ether oxygens (including phenoxy) is 2. The van der Waals surface area contributed by atoms with Crippen LogP contribution in [0.4, 0.5) is 17.1 Å². The molecule has 10 heteroatoms. The van der Waals surface area contributed by atoms with E-state index in [4.69, 9.17) is 9.47 Å². The van der Waals surface area contributed by atoms with Gasteiger partial charge < -0.3 is 14.4 Å². The van der Waals surface area contributed by atoms with Gasteiger partial charge in [-0.2, -0.15) is 0 Å². The Balaban J connectivity index is 1.97. The summed E-state index contributed by atoms with van der Waals surface area (Å²) in [7, 11) is -2.83. The minimum Gasteiger partial charge on any atom is -0.497 e. The molecule has 0 amide bonds. The maximum atomic E-state index is 12.9. The minimum atomic E-state index is -4.18. The van der Waals surface area contributed by atoms with E-state index in [1.807, 2.05) is 4.90 Å². The van der Waals surface area contributed by atoms with Gasteiger partial charge in [-0.3, -0.25) is 14.8 Å². The van der Waals surface area contributed by atoms with Gasteiger partial charge in [-0.1, -0.05) is 12.1 Å². The van der Waals surface area contributed by atoms with Crippen molar-refractivity contribution in [3.8, 4) is 5.75 Å². The maximum absolute atomic E-state index is 12.9. The Bertz CT molecular complexity index is 941. The second-order valence-electron chi connectivity index (χ2n) is 5.81. The van der Waals surface area contributed by atoms with E-state index in [0.717, 1.165) is 12.1 Å². The lowest BCUT2D eigenvalue weighted by atomic mass is 10.2. The Morgan fingerprint density at radius 3 is 2.56 bits per heavy atom. The zero-order valence-corrected chi connectivity index (χ0v) is 15.4. The number of sulfonamides is 1. The van der Waals surface area contributed by atoms with Crippen molar-refractivity contribution in [1.82, 2.24) is 0 Å². The Morgan fingerprint density at radius 1 is 1.19 bits per heavy atom. The monoisotopic (exact) mass is 393 g/mol. The largest absolute Gasteiger partial charge is 0.497 e. The fourth-order valence-electron chi connectivity index (χ4n) is 2.83. The third kappa shape index (κ3) is 4.12. The molecule has 1 N–H and O–H groups in total. The Hall–Kier alpha value is -2.85. The van der Waals surface area contributed by atoms with Crippen molar-refractivity contribution in [1.29, 1.82) is 0 Å². The first kappa shape index (κ1) is 18.9. The predicted molar refractivity (Wildman–Crippen MR) is 99.9 cm³/mol. The molecule has 2 aromatic carbocycles. The van der Waals surface area contributed by atoms with Crippen molar-refractivity contribution < 1.29 is 22.8 Å². The van der Waals surface area contributed by atoms with Gasteiger partial charge in [0, 0.05) is 13.1 Å². The number of nitro benzene ring substituents is 1. The van der Waals surface area contributed by atoms with Crippen molar-refractivity contribution >= 4 is 27.1 Å². The first-order chi connectivity index (χ1) is 12.9. The van der Waals surface area contributed by atoms with E-state index in [0.29, 0.717) is 37.7 Å². The molecule has 1 fully saturated rings. The third-order valence-electron chi connectivity index (χ3n) is 4.15. The van der Waals surface area contributed by atoms with E-state index in [9.17, 15) is 18.5 Å². The molecule has 1 saturated heterocycles. The zero-order chi connectivity index (χ0) is 19.4. The molecule has 2 aromatic rings. The number of nitro groups is 1. The van der Waals surface area contributed by atoms with Gasteiger partial charge in [-0.05, 0) is 24.3 Å². The van der Waals surface area contributed by atoms with Crippen LogP contribution < -0.4 is 14.4 Å². The molecule has 0 aliphatic carbocycles. The van der Waals surface area contributed by atoms with Crippen LogP contribution in [0.5, 0.6) is 5.75 Å². The average Bonchev–Trinajstić information content (AvgIpc) is 2.68. The van der Waals surface area contributed by atoms with E-state index >= 15 is 0 Å². The summed E-state index contributed by atoms with van der Waals surface area (Å²) in [4.78, 5) is 12.2. The standard InChI is InChI=1S/C17H19N3O6S/c1-25-13-6-7-17(16(12-13)20(21)22)27(23,24)18-14-4-2-3-5-15(14)19-8-10-26-11-9-19/h2-7,12,18H,8-11H2,1H3. The van der Waals surface area contributed by atoms with Crippen LogP contribution in [0.15, 0.2) is 47.4 Å². The fraction of sp³-hybridized carbons (Fsp3) is 0.294. The first-order valence-electron chi connectivity index (χ1n) is 8.19. The number of para-hydroxylation sites is 2. The molecule has 3 rings (SSSR count). The van der Waals surface area contributed by atoms with E-state index in [-0.39, 0.29) is 5.75 Å². The lowest BCUT2D eigenvalue weighted by Crippen LogP contribution is -2.36. The van der Waals surface area contributed by atoms with Crippen LogP contribution in [0.3, 0.4) is 0 Å². The molecule has 144 valence electrons. The van der Waals surface area contributed by atoms with E-state index in [1.54, 1.807) is 24.3 Å². The third-order valence-corrected chi connectivity index (χ3v) is 5.57. The zero-order valence-electron chi connectivity index (χ0n) is 14.6. The fourth-order valence-corrected chi connectivity index (χ4v) is 4.06. The molecular weight excluding hydrogens is 374 g/mol. The van der Waals surface area contributed by atoms with Gasteiger partial charge in [0.2, 0.25) is 0 Å². The van der Waals surface area contributed by atoms with Crippen LogP contribution in [-0.2, 0) is 14.8 Å². The van der Waals surface area contributed by atoms with Crippen molar-refractivity contribution in [3.05, 3.63) is 52.6 Å². The van der Waals surface area contributed by atoms with Gasteiger partial charge in [-0.15, -0.1) is 0 Å². The summed E-state index contributed by atoms with van der Waals surface area (Å²) in [5, 5.41) is 11.3. The van der Waals surface area contributed by atoms with Crippen molar-refractivity contribution in [2.45, 2.75) is 4.90 Å². The highest BCUT2D eigenvalue weighted by Gasteiger charge is 2.28. The molecule has 0 bridgehead atoms. The number of nitrogens with one attached hydrogen (secondary N) is 1. The second-order valence-corrected chi connectivity index (χ2v) is 7.46. The normalized spacial score (nSPS) is 14.6. The number of rotatable bonds is 6. The van der Waals surface area contributed by atoms with E-state index < -0.39 is 25.5 Å². The molecule has 0 unspecified atom stereocenters. The van der Waals surface area contributed by atoms with Gasteiger partial charge in [0.05, 0.1) is 42.7 Å². The van der Waals surface area contributed by atoms with Crippen molar-refractivity contribution in [3.63, 3.8) is 0 Å². The van der Waals surface area contributed by atoms with Gasteiger partial charge in [0.15, 0.2) is 4.90 Å². The molecule has 0 saturated carbocycles. The van der Waals surface area contributed by atoms with Crippen LogP contribution in [0.1, 0.15) is 0 Å². The molecule has 27 heavy (non-hydrogen) atoms. The Morgan fingerprint density at radius 2 is 1.89 bits per heavy atom. The van der Waals surface area contributed by atoms with Gasteiger partial charge in [0.25, 0.3) is 15.7 Å².